The monoisotopic (exact) mass is 386 g/mol. The van der Waals surface area contributed by atoms with E-state index in [9.17, 15) is 13.2 Å². The molecule has 0 aromatic heterocycles. The first kappa shape index (κ1) is 20.1. The van der Waals surface area contributed by atoms with Crippen molar-refractivity contribution in [2.24, 2.45) is 11.3 Å². The van der Waals surface area contributed by atoms with Gasteiger partial charge in [0.1, 0.15) is 0 Å². The van der Waals surface area contributed by atoms with Gasteiger partial charge in [-0.3, -0.25) is 4.79 Å². The minimum Gasteiger partial charge on any atom is -0.378 e. The fourth-order valence-electron chi connectivity index (χ4n) is 4.96. The fraction of sp³-hybridized carbons (Fsp3) is 0.947. The molecule has 1 unspecified atom stereocenters. The second-order valence-corrected chi connectivity index (χ2v) is 11.0. The SMILES string of the molecule is CC(C)S(=O)(=O)N1CC(CCC(=O)N2CCOCC2)C2(CCCCC2)C1. The van der Waals surface area contributed by atoms with Gasteiger partial charge in [0, 0.05) is 32.6 Å². The first-order valence-electron chi connectivity index (χ1n) is 10.2. The molecule has 2 aliphatic heterocycles. The van der Waals surface area contributed by atoms with Crippen LogP contribution in [0.25, 0.3) is 0 Å². The molecule has 1 aliphatic carbocycles. The molecule has 1 atom stereocenters. The molecular formula is C19H34N2O4S. The Morgan fingerprint density at radius 2 is 1.81 bits per heavy atom. The van der Waals surface area contributed by atoms with Gasteiger partial charge in [-0.25, -0.2) is 12.7 Å². The molecule has 3 aliphatic rings. The van der Waals surface area contributed by atoms with Crippen molar-refractivity contribution < 1.29 is 17.9 Å². The summed E-state index contributed by atoms with van der Waals surface area (Å²) in [6.07, 6.45) is 7.16. The van der Waals surface area contributed by atoms with Crippen molar-refractivity contribution in [1.29, 1.82) is 0 Å². The number of nitrogens with zero attached hydrogens (tertiary/aromatic N) is 2. The number of ether oxygens (including phenoxy) is 1. The van der Waals surface area contributed by atoms with Crippen LogP contribution in [0.5, 0.6) is 0 Å². The Bertz CT molecular complexity index is 593. The number of carbonyl (C=O) groups excluding carboxylic acids is 1. The van der Waals surface area contributed by atoms with Crippen molar-refractivity contribution in [1.82, 2.24) is 9.21 Å². The molecule has 26 heavy (non-hydrogen) atoms. The van der Waals surface area contributed by atoms with Gasteiger partial charge in [0.05, 0.1) is 18.5 Å². The first-order valence-corrected chi connectivity index (χ1v) is 11.7. The number of amides is 1. The van der Waals surface area contributed by atoms with Crippen molar-refractivity contribution >= 4 is 15.9 Å². The first-order chi connectivity index (χ1) is 12.3. The zero-order valence-corrected chi connectivity index (χ0v) is 17.1. The predicted molar refractivity (Wildman–Crippen MR) is 101 cm³/mol. The highest BCUT2D eigenvalue weighted by molar-refractivity contribution is 7.89. The van der Waals surface area contributed by atoms with Gasteiger partial charge in [-0.2, -0.15) is 0 Å². The summed E-state index contributed by atoms with van der Waals surface area (Å²) in [4.78, 5) is 14.4. The van der Waals surface area contributed by atoms with Crippen molar-refractivity contribution in [3.05, 3.63) is 0 Å². The number of hydrogen-bond acceptors (Lipinski definition) is 4. The Labute approximate surface area is 158 Å². The number of carbonyl (C=O) groups is 1. The van der Waals surface area contributed by atoms with Gasteiger partial charge < -0.3 is 9.64 Å². The Kier molecular flexibility index (Phi) is 6.29. The van der Waals surface area contributed by atoms with E-state index in [2.05, 4.69) is 0 Å². The van der Waals surface area contributed by atoms with Gasteiger partial charge in [-0.05, 0) is 44.4 Å². The van der Waals surface area contributed by atoms with Crippen LogP contribution in [0.1, 0.15) is 58.8 Å². The zero-order chi connectivity index (χ0) is 18.8. The summed E-state index contributed by atoms with van der Waals surface area (Å²) in [5.74, 6) is 0.505. The second kappa shape index (κ2) is 8.15. The number of morpholine rings is 1. The molecule has 2 saturated heterocycles. The summed E-state index contributed by atoms with van der Waals surface area (Å²) in [5.41, 5.74) is 0.0888. The lowest BCUT2D eigenvalue weighted by atomic mass is 9.66. The van der Waals surface area contributed by atoms with Gasteiger partial charge in [-0.15, -0.1) is 0 Å². The van der Waals surface area contributed by atoms with Crippen LogP contribution in [-0.2, 0) is 19.6 Å². The van der Waals surface area contributed by atoms with Gasteiger partial charge in [0.25, 0.3) is 0 Å². The Balaban J connectivity index is 1.67. The molecule has 0 aromatic carbocycles. The summed E-state index contributed by atoms with van der Waals surface area (Å²) >= 11 is 0. The lowest BCUT2D eigenvalue weighted by Gasteiger charge is -2.38. The quantitative estimate of drug-likeness (QED) is 0.727. The lowest BCUT2D eigenvalue weighted by Crippen LogP contribution is -2.41. The summed E-state index contributed by atoms with van der Waals surface area (Å²) in [6, 6.07) is 0. The standard InChI is InChI=1S/C19H34N2O4S/c1-16(2)26(23,24)21-14-17(19(15-21)8-4-3-5-9-19)6-7-18(22)20-10-12-25-13-11-20/h16-17H,3-15H2,1-2H3. The maximum Gasteiger partial charge on any atom is 0.222 e. The highest BCUT2D eigenvalue weighted by Crippen LogP contribution is 2.50. The largest absolute Gasteiger partial charge is 0.378 e. The van der Waals surface area contributed by atoms with Gasteiger partial charge >= 0.3 is 0 Å². The minimum absolute atomic E-state index is 0.0888. The number of hydrogen-bond donors (Lipinski definition) is 0. The number of rotatable bonds is 5. The van der Waals surface area contributed by atoms with E-state index in [1.165, 1.54) is 19.3 Å². The van der Waals surface area contributed by atoms with E-state index in [1.54, 1.807) is 18.2 Å². The van der Waals surface area contributed by atoms with E-state index in [1.807, 2.05) is 4.90 Å². The van der Waals surface area contributed by atoms with Gasteiger partial charge in [0.2, 0.25) is 15.9 Å². The van der Waals surface area contributed by atoms with Gasteiger partial charge in [0.15, 0.2) is 0 Å². The highest BCUT2D eigenvalue weighted by Gasteiger charge is 2.50. The molecule has 0 aromatic rings. The molecule has 0 radical (unpaired) electrons. The van der Waals surface area contributed by atoms with Crippen LogP contribution >= 0.6 is 0 Å². The summed E-state index contributed by atoms with van der Waals surface area (Å²) < 4.78 is 32.5. The topological polar surface area (TPSA) is 66.9 Å². The van der Waals surface area contributed by atoms with E-state index in [4.69, 9.17) is 4.74 Å². The average Bonchev–Trinajstić information content (AvgIpc) is 2.99. The Morgan fingerprint density at radius 1 is 1.15 bits per heavy atom. The van der Waals surface area contributed by atoms with Crippen LogP contribution in [0.4, 0.5) is 0 Å². The van der Waals surface area contributed by atoms with Crippen molar-refractivity contribution in [3.8, 4) is 0 Å². The molecule has 6 nitrogen and oxygen atoms in total. The molecule has 2 heterocycles. The van der Waals surface area contributed by atoms with Crippen LogP contribution in [0.3, 0.4) is 0 Å². The lowest BCUT2D eigenvalue weighted by molar-refractivity contribution is -0.135. The third kappa shape index (κ3) is 4.09. The number of sulfonamides is 1. The van der Waals surface area contributed by atoms with Crippen molar-refractivity contribution in [2.75, 3.05) is 39.4 Å². The molecule has 1 saturated carbocycles. The van der Waals surface area contributed by atoms with Crippen LogP contribution in [-0.4, -0.2) is 68.2 Å². The molecule has 1 amide bonds. The predicted octanol–water partition coefficient (Wildman–Crippen LogP) is 2.25. The molecular weight excluding hydrogens is 352 g/mol. The molecule has 0 bridgehead atoms. The van der Waals surface area contributed by atoms with E-state index in [0.717, 1.165) is 19.3 Å². The Hall–Kier alpha value is -0.660. The summed E-state index contributed by atoms with van der Waals surface area (Å²) in [5, 5.41) is -0.378. The maximum atomic E-state index is 12.7. The minimum atomic E-state index is -3.22. The molecule has 150 valence electrons. The average molecular weight is 387 g/mol. The highest BCUT2D eigenvalue weighted by atomic mass is 32.2. The summed E-state index contributed by atoms with van der Waals surface area (Å²) in [7, 11) is -3.22. The van der Waals surface area contributed by atoms with E-state index in [0.29, 0.717) is 51.7 Å². The molecule has 3 rings (SSSR count). The second-order valence-electron chi connectivity index (χ2n) is 8.54. The van der Waals surface area contributed by atoms with E-state index in [-0.39, 0.29) is 16.6 Å². The normalized spacial score (nSPS) is 27.3. The van der Waals surface area contributed by atoms with Crippen LogP contribution < -0.4 is 0 Å². The third-order valence-corrected chi connectivity index (χ3v) is 8.85. The summed E-state index contributed by atoms with van der Waals surface area (Å²) in [6.45, 7) is 7.39. The molecule has 3 fully saturated rings. The van der Waals surface area contributed by atoms with Crippen LogP contribution in [0.15, 0.2) is 0 Å². The van der Waals surface area contributed by atoms with E-state index < -0.39 is 10.0 Å². The van der Waals surface area contributed by atoms with Crippen molar-refractivity contribution in [3.63, 3.8) is 0 Å². The fourth-order valence-corrected chi connectivity index (χ4v) is 6.39. The maximum absolute atomic E-state index is 12.7. The molecule has 7 heteroatoms. The molecule has 0 N–H and O–H groups in total. The van der Waals surface area contributed by atoms with Gasteiger partial charge in [-0.1, -0.05) is 19.3 Å². The van der Waals surface area contributed by atoms with E-state index >= 15 is 0 Å². The zero-order valence-electron chi connectivity index (χ0n) is 16.3. The van der Waals surface area contributed by atoms with Crippen LogP contribution in [0.2, 0.25) is 0 Å². The smallest absolute Gasteiger partial charge is 0.222 e. The Morgan fingerprint density at radius 3 is 2.42 bits per heavy atom. The van der Waals surface area contributed by atoms with Crippen molar-refractivity contribution in [2.45, 2.75) is 64.0 Å². The third-order valence-electron chi connectivity index (χ3n) is 6.66. The molecule has 1 spiro atoms. The van der Waals surface area contributed by atoms with Crippen LogP contribution in [0, 0.1) is 11.3 Å².